The third-order valence-electron chi connectivity index (χ3n) is 4.96. The largest absolute Gasteiger partial charge is 0.420 e. The summed E-state index contributed by atoms with van der Waals surface area (Å²) in [6.07, 6.45) is 1.53. The van der Waals surface area contributed by atoms with E-state index < -0.39 is 0 Å². The van der Waals surface area contributed by atoms with Crippen LogP contribution in [0.2, 0.25) is 0 Å². The number of rotatable bonds is 3. The van der Waals surface area contributed by atoms with Crippen LogP contribution in [-0.4, -0.2) is 34.1 Å². The molecule has 2 aromatic carbocycles. The Bertz CT molecular complexity index is 927. The number of piperidine rings is 1. The van der Waals surface area contributed by atoms with Gasteiger partial charge in [-0.25, -0.2) is 4.39 Å². The zero-order valence-corrected chi connectivity index (χ0v) is 15.1. The molecule has 138 valence electrons. The fourth-order valence-corrected chi connectivity index (χ4v) is 3.32. The minimum Gasteiger partial charge on any atom is -0.420 e. The van der Waals surface area contributed by atoms with Gasteiger partial charge in [-0.2, -0.15) is 0 Å². The molecule has 2 heterocycles. The van der Waals surface area contributed by atoms with Crippen molar-refractivity contribution in [3.05, 3.63) is 71.4 Å². The number of halogens is 1. The van der Waals surface area contributed by atoms with Gasteiger partial charge in [-0.3, -0.25) is 4.79 Å². The lowest BCUT2D eigenvalue weighted by Crippen LogP contribution is -2.38. The molecular weight excluding hydrogens is 345 g/mol. The molecule has 27 heavy (non-hydrogen) atoms. The molecule has 1 aromatic heterocycles. The van der Waals surface area contributed by atoms with E-state index in [9.17, 15) is 9.18 Å². The monoisotopic (exact) mass is 365 g/mol. The first kappa shape index (κ1) is 17.4. The summed E-state index contributed by atoms with van der Waals surface area (Å²) in [6, 6.07) is 13.6. The Morgan fingerprint density at radius 3 is 2.37 bits per heavy atom. The molecule has 0 spiro atoms. The van der Waals surface area contributed by atoms with Gasteiger partial charge in [0.2, 0.25) is 11.8 Å². The van der Waals surface area contributed by atoms with Crippen molar-refractivity contribution in [1.29, 1.82) is 0 Å². The van der Waals surface area contributed by atoms with Crippen molar-refractivity contribution >= 4 is 5.91 Å². The fraction of sp³-hybridized carbons (Fsp3) is 0.286. The number of aromatic nitrogens is 2. The molecule has 6 heteroatoms. The van der Waals surface area contributed by atoms with Gasteiger partial charge < -0.3 is 9.32 Å². The Morgan fingerprint density at radius 1 is 1.04 bits per heavy atom. The Morgan fingerprint density at radius 2 is 1.70 bits per heavy atom. The molecule has 0 atom stereocenters. The first-order valence-electron chi connectivity index (χ1n) is 9.05. The van der Waals surface area contributed by atoms with E-state index >= 15 is 0 Å². The van der Waals surface area contributed by atoms with Gasteiger partial charge in [0.1, 0.15) is 5.82 Å². The maximum atomic E-state index is 13.0. The summed E-state index contributed by atoms with van der Waals surface area (Å²) in [5, 5.41) is 8.38. The summed E-state index contributed by atoms with van der Waals surface area (Å²) in [7, 11) is 0. The third kappa shape index (κ3) is 3.74. The van der Waals surface area contributed by atoms with Crippen molar-refractivity contribution in [3.63, 3.8) is 0 Å². The smallest absolute Gasteiger partial charge is 0.253 e. The van der Waals surface area contributed by atoms with E-state index in [1.807, 2.05) is 31.2 Å². The Balaban J connectivity index is 1.40. The molecule has 0 saturated carbocycles. The van der Waals surface area contributed by atoms with Crippen molar-refractivity contribution in [2.24, 2.45) is 0 Å². The second-order valence-electron chi connectivity index (χ2n) is 6.88. The van der Waals surface area contributed by atoms with Crippen molar-refractivity contribution in [2.75, 3.05) is 13.1 Å². The number of likely N-dealkylation sites (tertiary alicyclic amines) is 1. The normalized spacial score (nSPS) is 15.1. The molecule has 3 aromatic rings. The Labute approximate surface area is 156 Å². The third-order valence-corrected chi connectivity index (χ3v) is 4.96. The second kappa shape index (κ2) is 7.31. The van der Waals surface area contributed by atoms with E-state index in [1.165, 1.54) is 29.8 Å². The standard InChI is InChI=1S/C21H20FN3O2/c1-14-2-4-15(5-3-14)19-23-24-20(27-19)16-10-12-25(13-11-16)21(26)17-6-8-18(22)9-7-17/h2-9,16H,10-13H2,1H3. The van der Waals surface area contributed by atoms with Gasteiger partial charge >= 0.3 is 0 Å². The van der Waals surface area contributed by atoms with Crippen LogP contribution in [0.25, 0.3) is 11.5 Å². The topological polar surface area (TPSA) is 59.2 Å². The van der Waals surface area contributed by atoms with Crippen LogP contribution >= 0.6 is 0 Å². The summed E-state index contributed by atoms with van der Waals surface area (Å²) >= 11 is 0. The van der Waals surface area contributed by atoms with Gasteiger partial charge in [0, 0.05) is 30.1 Å². The first-order valence-corrected chi connectivity index (χ1v) is 9.05. The first-order chi connectivity index (χ1) is 13.1. The molecule has 1 aliphatic heterocycles. The number of nitrogens with zero attached hydrogens (tertiary/aromatic N) is 3. The zero-order chi connectivity index (χ0) is 18.8. The van der Waals surface area contributed by atoms with Crippen LogP contribution < -0.4 is 0 Å². The van der Waals surface area contributed by atoms with E-state index in [2.05, 4.69) is 10.2 Å². The minimum atomic E-state index is -0.342. The van der Waals surface area contributed by atoms with Crippen LogP contribution in [0.15, 0.2) is 52.9 Å². The molecule has 0 unspecified atom stereocenters. The minimum absolute atomic E-state index is 0.0701. The number of aryl methyl sites for hydroxylation is 1. The summed E-state index contributed by atoms with van der Waals surface area (Å²) in [5.41, 5.74) is 2.59. The van der Waals surface area contributed by atoms with Crippen molar-refractivity contribution in [3.8, 4) is 11.5 Å². The van der Waals surface area contributed by atoms with Crippen molar-refractivity contribution < 1.29 is 13.6 Å². The van der Waals surface area contributed by atoms with Crippen LogP contribution in [-0.2, 0) is 0 Å². The summed E-state index contributed by atoms with van der Waals surface area (Å²) in [5.74, 6) is 0.883. The number of benzene rings is 2. The number of hydrogen-bond acceptors (Lipinski definition) is 4. The number of carbonyl (C=O) groups is 1. The average Bonchev–Trinajstić information content (AvgIpc) is 3.19. The van der Waals surface area contributed by atoms with Crippen LogP contribution in [0.4, 0.5) is 4.39 Å². The molecule has 1 saturated heterocycles. The predicted molar refractivity (Wildman–Crippen MR) is 98.7 cm³/mol. The molecular formula is C21H20FN3O2. The van der Waals surface area contributed by atoms with E-state index in [4.69, 9.17) is 4.42 Å². The van der Waals surface area contributed by atoms with Gasteiger partial charge in [-0.15, -0.1) is 10.2 Å². The van der Waals surface area contributed by atoms with Gasteiger partial charge in [-0.1, -0.05) is 17.7 Å². The van der Waals surface area contributed by atoms with E-state index in [0.29, 0.717) is 30.4 Å². The molecule has 0 radical (unpaired) electrons. The molecule has 5 nitrogen and oxygen atoms in total. The lowest BCUT2D eigenvalue weighted by atomic mass is 9.96. The van der Waals surface area contributed by atoms with Crippen molar-refractivity contribution in [2.45, 2.75) is 25.7 Å². The molecule has 0 aliphatic carbocycles. The number of carbonyl (C=O) groups excluding carboxylic acids is 1. The van der Waals surface area contributed by atoms with Crippen LogP contribution in [0.5, 0.6) is 0 Å². The van der Waals surface area contributed by atoms with Crippen LogP contribution in [0.3, 0.4) is 0 Å². The Hall–Kier alpha value is -3.02. The van der Waals surface area contributed by atoms with E-state index in [0.717, 1.165) is 18.4 Å². The summed E-state index contributed by atoms with van der Waals surface area (Å²) < 4.78 is 18.9. The van der Waals surface area contributed by atoms with Gasteiger partial charge in [0.05, 0.1) is 0 Å². The second-order valence-corrected chi connectivity index (χ2v) is 6.88. The van der Waals surface area contributed by atoms with E-state index in [1.54, 1.807) is 4.90 Å². The average molecular weight is 365 g/mol. The highest BCUT2D eigenvalue weighted by atomic mass is 19.1. The molecule has 4 rings (SSSR count). The fourth-order valence-electron chi connectivity index (χ4n) is 3.32. The SMILES string of the molecule is Cc1ccc(-c2nnc(C3CCN(C(=O)c4ccc(F)cc4)CC3)o2)cc1. The lowest BCUT2D eigenvalue weighted by Gasteiger charge is -2.30. The quantitative estimate of drug-likeness (QED) is 0.698. The summed E-state index contributed by atoms with van der Waals surface area (Å²) in [6.45, 7) is 3.26. The summed E-state index contributed by atoms with van der Waals surface area (Å²) in [4.78, 5) is 14.3. The van der Waals surface area contributed by atoms with Crippen LogP contribution in [0.1, 0.15) is 40.6 Å². The zero-order valence-electron chi connectivity index (χ0n) is 15.1. The molecule has 1 aliphatic rings. The van der Waals surface area contributed by atoms with Gasteiger partial charge in [-0.05, 0) is 56.2 Å². The highest BCUT2D eigenvalue weighted by molar-refractivity contribution is 5.94. The Kier molecular flexibility index (Phi) is 4.71. The highest BCUT2D eigenvalue weighted by Crippen LogP contribution is 2.30. The maximum Gasteiger partial charge on any atom is 0.253 e. The number of amides is 1. The highest BCUT2D eigenvalue weighted by Gasteiger charge is 2.28. The van der Waals surface area contributed by atoms with Crippen molar-refractivity contribution in [1.82, 2.24) is 15.1 Å². The van der Waals surface area contributed by atoms with Crippen LogP contribution in [0, 0.1) is 12.7 Å². The predicted octanol–water partition coefficient (Wildman–Crippen LogP) is 4.20. The lowest BCUT2D eigenvalue weighted by molar-refractivity contribution is 0.0706. The number of hydrogen-bond donors (Lipinski definition) is 0. The molecule has 1 fully saturated rings. The van der Waals surface area contributed by atoms with Gasteiger partial charge in [0.15, 0.2) is 0 Å². The molecule has 1 amide bonds. The van der Waals surface area contributed by atoms with Gasteiger partial charge in [0.25, 0.3) is 5.91 Å². The van der Waals surface area contributed by atoms with E-state index in [-0.39, 0.29) is 17.6 Å². The molecule has 0 bridgehead atoms. The molecule has 0 N–H and O–H groups in total. The maximum absolute atomic E-state index is 13.0.